The van der Waals surface area contributed by atoms with Crippen molar-refractivity contribution in [1.29, 1.82) is 0 Å². The first-order valence-electron chi connectivity index (χ1n) is 9.24. The highest BCUT2D eigenvalue weighted by Crippen LogP contribution is 2.23. The van der Waals surface area contributed by atoms with E-state index in [4.69, 9.17) is 9.47 Å². The van der Waals surface area contributed by atoms with Crippen LogP contribution in [0.3, 0.4) is 0 Å². The van der Waals surface area contributed by atoms with Crippen molar-refractivity contribution in [1.82, 2.24) is 15.2 Å². The predicted octanol–water partition coefficient (Wildman–Crippen LogP) is 1.42. The van der Waals surface area contributed by atoms with Gasteiger partial charge in [-0.3, -0.25) is 9.59 Å². The van der Waals surface area contributed by atoms with Crippen LogP contribution in [0.4, 0.5) is 0 Å². The molecule has 1 fully saturated rings. The number of methoxy groups -OCH3 is 2. The van der Waals surface area contributed by atoms with E-state index in [0.717, 1.165) is 19.3 Å². The molecule has 0 radical (unpaired) electrons. The molecule has 2 N–H and O–H groups in total. The van der Waals surface area contributed by atoms with Crippen LogP contribution in [-0.4, -0.2) is 68.1 Å². The van der Waals surface area contributed by atoms with Crippen LogP contribution < -0.4 is 5.32 Å². The Bertz CT molecular complexity index is 698. The lowest BCUT2D eigenvalue weighted by atomic mass is 9.96. The molecule has 1 saturated heterocycles. The highest BCUT2D eigenvalue weighted by molar-refractivity contribution is 6.00. The molecule has 1 aliphatic rings. The van der Waals surface area contributed by atoms with Gasteiger partial charge in [0.15, 0.2) is 0 Å². The summed E-state index contributed by atoms with van der Waals surface area (Å²) in [5.41, 5.74) is 1.96. The topological polar surface area (TPSA) is 101 Å². The number of carbonyl (C=O) groups is 3. The number of H-pyrrole nitrogens is 1. The maximum absolute atomic E-state index is 13.0. The fourth-order valence-corrected chi connectivity index (χ4v) is 3.48. The zero-order valence-electron chi connectivity index (χ0n) is 16.5. The molecule has 0 aromatic carbocycles. The van der Waals surface area contributed by atoms with Gasteiger partial charge in [-0.1, -0.05) is 0 Å². The van der Waals surface area contributed by atoms with Gasteiger partial charge in [-0.25, -0.2) is 4.79 Å². The zero-order chi connectivity index (χ0) is 20.0. The number of amides is 2. The summed E-state index contributed by atoms with van der Waals surface area (Å²) in [5.74, 6) is -0.908. The summed E-state index contributed by atoms with van der Waals surface area (Å²) >= 11 is 0. The van der Waals surface area contributed by atoms with E-state index in [1.54, 1.807) is 25.9 Å². The van der Waals surface area contributed by atoms with Crippen molar-refractivity contribution in [2.75, 3.05) is 40.5 Å². The molecular weight excluding hydrogens is 350 g/mol. The lowest BCUT2D eigenvalue weighted by molar-refractivity contribution is -0.126. The number of ether oxygens (including phenoxy) is 2. The second kappa shape index (κ2) is 9.55. The number of nitrogens with zero attached hydrogens (tertiary/aromatic N) is 1. The standard InChI is InChI=1S/C19H29N3O5/c1-12-15(19(25)27-4)13(2)21-16(12)18(24)22-9-5-7-14(11-22)17(23)20-8-6-10-26-3/h14,21H,5-11H2,1-4H3,(H,20,23)/t14-/m1/s1. The van der Waals surface area contributed by atoms with Crippen LogP contribution in [0.15, 0.2) is 0 Å². The number of aromatic amines is 1. The van der Waals surface area contributed by atoms with Gasteiger partial charge in [-0.05, 0) is 38.7 Å². The SMILES string of the molecule is COCCCNC(=O)[C@@H]1CCCN(C(=O)c2[nH]c(C)c(C(=O)OC)c2C)C1. The van der Waals surface area contributed by atoms with Gasteiger partial charge in [0, 0.05) is 39.0 Å². The third-order valence-corrected chi connectivity index (χ3v) is 4.94. The van der Waals surface area contributed by atoms with Crippen molar-refractivity contribution in [2.24, 2.45) is 5.92 Å². The number of esters is 1. The molecule has 2 heterocycles. The van der Waals surface area contributed by atoms with Gasteiger partial charge in [-0.15, -0.1) is 0 Å². The third-order valence-electron chi connectivity index (χ3n) is 4.94. The maximum atomic E-state index is 13.0. The molecule has 1 atom stereocenters. The molecule has 1 aliphatic heterocycles. The van der Waals surface area contributed by atoms with E-state index >= 15 is 0 Å². The minimum absolute atomic E-state index is 0.0294. The first-order valence-corrected chi connectivity index (χ1v) is 9.24. The normalized spacial score (nSPS) is 16.9. The second-order valence-electron chi connectivity index (χ2n) is 6.84. The number of nitrogens with one attached hydrogen (secondary N) is 2. The van der Waals surface area contributed by atoms with Gasteiger partial charge >= 0.3 is 5.97 Å². The van der Waals surface area contributed by atoms with Crippen molar-refractivity contribution in [3.8, 4) is 0 Å². The Morgan fingerprint density at radius 3 is 2.67 bits per heavy atom. The summed E-state index contributed by atoms with van der Waals surface area (Å²) < 4.78 is 9.77. The number of hydrogen-bond acceptors (Lipinski definition) is 5. The monoisotopic (exact) mass is 379 g/mol. The van der Waals surface area contributed by atoms with Gasteiger partial charge in [-0.2, -0.15) is 0 Å². The number of aryl methyl sites for hydroxylation is 1. The number of rotatable bonds is 7. The van der Waals surface area contributed by atoms with E-state index in [2.05, 4.69) is 10.3 Å². The van der Waals surface area contributed by atoms with Gasteiger partial charge in [0.25, 0.3) is 5.91 Å². The molecule has 0 bridgehead atoms. The molecule has 2 rings (SSSR count). The number of carbonyl (C=O) groups excluding carboxylic acids is 3. The number of piperidine rings is 1. The van der Waals surface area contributed by atoms with Gasteiger partial charge < -0.3 is 24.7 Å². The van der Waals surface area contributed by atoms with Crippen LogP contribution in [0.5, 0.6) is 0 Å². The summed E-state index contributed by atoms with van der Waals surface area (Å²) in [5, 5.41) is 2.91. The molecule has 8 heteroatoms. The highest BCUT2D eigenvalue weighted by Gasteiger charge is 2.31. The van der Waals surface area contributed by atoms with Crippen LogP contribution >= 0.6 is 0 Å². The Morgan fingerprint density at radius 1 is 1.26 bits per heavy atom. The first-order chi connectivity index (χ1) is 12.9. The average Bonchev–Trinajstić information content (AvgIpc) is 2.98. The van der Waals surface area contributed by atoms with Crippen LogP contribution in [0, 0.1) is 19.8 Å². The van der Waals surface area contributed by atoms with E-state index in [9.17, 15) is 14.4 Å². The van der Waals surface area contributed by atoms with Crippen molar-refractivity contribution in [3.05, 3.63) is 22.5 Å². The minimum atomic E-state index is -0.466. The summed E-state index contributed by atoms with van der Waals surface area (Å²) in [7, 11) is 2.94. The Morgan fingerprint density at radius 2 is 2.00 bits per heavy atom. The molecule has 150 valence electrons. The van der Waals surface area contributed by atoms with Crippen molar-refractivity contribution < 1.29 is 23.9 Å². The Balaban J connectivity index is 2.04. The Hall–Kier alpha value is -2.35. The lowest BCUT2D eigenvalue weighted by Gasteiger charge is -2.32. The van der Waals surface area contributed by atoms with Gasteiger partial charge in [0.2, 0.25) is 5.91 Å². The predicted molar refractivity (Wildman–Crippen MR) is 99.7 cm³/mol. The third kappa shape index (κ3) is 4.88. The van der Waals surface area contributed by atoms with Gasteiger partial charge in [0.1, 0.15) is 5.69 Å². The smallest absolute Gasteiger partial charge is 0.339 e. The van der Waals surface area contributed by atoms with Crippen LogP contribution in [0.1, 0.15) is 51.4 Å². The van der Waals surface area contributed by atoms with Crippen LogP contribution in [0.2, 0.25) is 0 Å². The molecule has 0 saturated carbocycles. The fourth-order valence-electron chi connectivity index (χ4n) is 3.48. The molecule has 2 amide bonds. The summed E-state index contributed by atoms with van der Waals surface area (Å²) in [4.78, 5) is 41.9. The average molecular weight is 379 g/mol. The Labute approximate surface area is 159 Å². The number of likely N-dealkylation sites (tertiary alicyclic amines) is 1. The zero-order valence-corrected chi connectivity index (χ0v) is 16.5. The molecule has 0 spiro atoms. The Kier molecular flexibility index (Phi) is 7.41. The summed E-state index contributed by atoms with van der Waals surface area (Å²) in [6, 6.07) is 0. The first kappa shape index (κ1) is 21.0. The molecular formula is C19H29N3O5. The fraction of sp³-hybridized carbons (Fsp3) is 0.632. The molecule has 1 aromatic rings. The second-order valence-corrected chi connectivity index (χ2v) is 6.84. The molecule has 1 aromatic heterocycles. The molecule has 0 unspecified atom stereocenters. The van der Waals surface area contributed by atoms with Crippen LogP contribution in [0.25, 0.3) is 0 Å². The molecule has 8 nitrogen and oxygen atoms in total. The summed E-state index contributed by atoms with van der Waals surface area (Å²) in [6.45, 7) is 5.60. The molecule has 27 heavy (non-hydrogen) atoms. The van der Waals surface area contributed by atoms with E-state index < -0.39 is 5.97 Å². The van der Waals surface area contributed by atoms with E-state index in [-0.39, 0.29) is 17.7 Å². The van der Waals surface area contributed by atoms with Crippen molar-refractivity contribution in [2.45, 2.75) is 33.1 Å². The molecule has 0 aliphatic carbocycles. The van der Waals surface area contributed by atoms with Crippen molar-refractivity contribution in [3.63, 3.8) is 0 Å². The quantitative estimate of drug-likeness (QED) is 0.551. The van der Waals surface area contributed by atoms with E-state index in [1.807, 2.05) is 0 Å². The number of hydrogen-bond donors (Lipinski definition) is 2. The highest BCUT2D eigenvalue weighted by atomic mass is 16.5. The van der Waals surface area contributed by atoms with Crippen LogP contribution in [-0.2, 0) is 14.3 Å². The minimum Gasteiger partial charge on any atom is -0.465 e. The van der Waals surface area contributed by atoms with E-state index in [0.29, 0.717) is 48.8 Å². The lowest BCUT2D eigenvalue weighted by Crippen LogP contribution is -2.45. The van der Waals surface area contributed by atoms with Gasteiger partial charge in [0.05, 0.1) is 18.6 Å². The van der Waals surface area contributed by atoms with Crippen molar-refractivity contribution >= 4 is 17.8 Å². The number of aromatic nitrogens is 1. The largest absolute Gasteiger partial charge is 0.465 e. The summed E-state index contributed by atoms with van der Waals surface area (Å²) in [6.07, 6.45) is 2.29. The van der Waals surface area contributed by atoms with E-state index in [1.165, 1.54) is 7.11 Å². The maximum Gasteiger partial charge on any atom is 0.339 e.